The van der Waals surface area contributed by atoms with Gasteiger partial charge in [0.2, 0.25) is 0 Å². The van der Waals surface area contributed by atoms with Gasteiger partial charge in [-0.3, -0.25) is 4.68 Å². The molecule has 0 saturated heterocycles. The van der Waals surface area contributed by atoms with Gasteiger partial charge in [0, 0.05) is 12.6 Å². The lowest BCUT2D eigenvalue weighted by Gasteiger charge is -1.93. The number of halogens is 1. The largest absolute Gasteiger partial charge is 0.270 e. The monoisotopic (exact) mass is 250 g/mol. The molecule has 2 heterocycles. The first-order chi connectivity index (χ1) is 5.49. The molecule has 4 nitrogen and oxygen atoms in total. The highest BCUT2D eigenvalue weighted by Gasteiger charge is 2.30. The van der Waals surface area contributed by atoms with Crippen molar-refractivity contribution >= 4 is 25.8 Å². The van der Waals surface area contributed by atoms with Gasteiger partial charge in [0.15, 0.2) is 9.84 Å². The first kappa shape index (κ1) is 8.25. The van der Waals surface area contributed by atoms with Crippen molar-refractivity contribution in [1.82, 2.24) is 9.78 Å². The predicted molar refractivity (Wildman–Crippen MR) is 47.2 cm³/mol. The van der Waals surface area contributed by atoms with Gasteiger partial charge in [-0.15, -0.1) is 0 Å². The van der Waals surface area contributed by atoms with E-state index in [4.69, 9.17) is 0 Å². The summed E-state index contributed by atoms with van der Waals surface area (Å²) in [5.41, 5.74) is 1.62. The second kappa shape index (κ2) is 2.32. The molecule has 0 spiro atoms. The van der Waals surface area contributed by atoms with Gasteiger partial charge in [-0.2, -0.15) is 5.10 Å². The number of nitrogens with zero attached hydrogens (tertiary/aromatic N) is 2. The van der Waals surface area contributed by atoms with Gasteiger partial charge >= 0.3 is 0 Å². The van der Waals surface area contributed by atoms with E-state index in [0.29, 0.717) is 4.60 Å². The highest BCUT2D eigenvalue weighted by atomic mass is 79.9. The third-order valence-corrected chi connectivity index (χ3v) is 4.03. The molecule has 12 heavy (non-hydrogen) atoms. The Bertz CT molecular complexity index is 402. The lowest BCUT2D eigenvalue weighted by atomic mass is 10.3. The zero-order valence-corrected chi connectivity index (χ0v) is 8.81. The minimum Gasteiger partial charge on any atom is -0.270 e. The van der Waals surface area contributed by atoms with Crippen LogP contribution in [0.25, 0.3) is 0 Å². The van der Waals surface area contributed by atoms with Crippen molar-refractivity contribution in [2.24, 2.45) is 7.05 Å². The lowest BCUT2D eigenvalue weighted by Crippen LogP contribution is -2.02. The molecule has 0 amide bonds. The summed E-state index contributed by atoms with van der Waals surface area (Å²) in [5.74, 6) is 0.244. The molecule has 66 valence electrons. The van der Waals surface area contributed by atoms with Gasteiger partial charge in [-0.05, 0) is 15.9 Å². The summed E-state index contributed by atoms with van der Waals surface area (Å²) in [7, 11) is -1.14. The van der Waals surface area contributed by atoms with Gasteiger partial charge in [0.1, 0.15) is 4.60 Å². The molecule has 0 atom stereocenters. The number of aromatic nitrogens is 2. The van der Waals surface area contributed by atoms with Crippen molar-refractivity contribution in [3.63, 3.8) is 0 Å². The minimum atomic E-state index is -2.90. The number of sulfone groups is 1. The van der Waals surface area contributed by atoms with Crippen molar-refractivity contribution < 1.29 is 8.42 Å². The highest BCUT2D eigenvalue weighted by Crippen LogP contribution is 2.30. The highest BCUT2D eigenvalue weighted by molar-refractivity contribution is 9.10. The Balaban J connectivity index is 2.64. The van der Waals surface area contributed by atoms with E-state index < -0.39 is 9.84 Å². The van der Waals surface area contributed by atoms with E-state index in [2.05, 4.69) is 21.0 Å². The zero-order valence-electron chi connectivity index (χ0n) is 6.41. The smallest absolute Gasteiger partial charge is 0.160 e. The molecule has 0 saturated carbocycles. The van der Waals surface area contributed by atoms with Crippen LogP contribution in [0.4, 0.5) is 0 Å². The van der Waals surface area contributed by atoms with Crippen molar-refractivity contribution in [2.75, 3.05) is 0 Å². The fraction of sp³-hybridized carbons (Fsp3) is 0.500. The van der Waals surface area contributed by atoms with E-state index in [1.165, 1.54) is 0 Å². The summed E-state index contributed by atoms with van der Waals surface area (Å²) in [4.78, 5) is 0. The van der Waals surface area contributed by atoms with Gasteiger partial charge < -0.3 is 0 Å². The predicted octanol–water partition coefficient (Wildman–Crippen LogP) is 0.611. The van der Waals surface area contributed by atoms with Crippen LogP contribution >= 0.6 is 15.9 Å². The number of fused-ring (bicyclic) bond motifs is 1. The average Bonchev–Trinajstić information content (AvgIpc) is 2.34. The van der Waals surface area contributed by atoms with Crippen molar-refractivity contribution in [3.05, 3.63) is 15.9 Å². The van der Waals surface area contributed by atoms with Crippen LogP contribution in [0.3, 0.4) is 0 Å². The molecule has 0 unspecified atom stereocenters. The second-order valence-corrected chi connectivity index (χ2v) is 5.69. The molecule has 1 aliphatic rings. The van der Waals surface area contributed by atoms with Crippen LogP contribution in [0.15, 0.2) is 4.60 Å². The van der Waals surface area contributed by atoms with Crippen LogP contribution in [0.5, 0.6) is 0 Å². The molecular formula is C6H7BrN2O2S. The summed E-state index contributed by atoms with van der Waals surface area (Å²) in [5, 5.41) is 4.07. The molecule has 6 heteroatoms. The van der Waals surface area contributed by atoms with E-state index in [1.807, 2.05) is 0 Å². The Morgan fingerprint density at radius 1 is 1.50 bits per heavy atom. The molecule has 1 aromatic heterocycles. The van der Waals surface area contributed by atoms with Gasteiger partial charge in [0.05, 0.1) is 17.2 Å². The Morgan fingerprint density at radius 3 is 2.75 bits per heavy atom. The topological polar surface area (TPSA) is 52.0 Å². The molecule has 0 bridgehead atoms. The lowest BCUT2D eigenvalue weighted by molar-refractivity contribution is 0.595. The van der Waals surface area contributed by atoms with E-state index in [9.17, 15) is 8.42 Å². The van der Waals surface area contributed by atoms with E-state index in [1.54, 1.807) is 11.7 Å². The maximum atomic E-state index is 11.2. The molecule has 0 aromatic carbocycles. The normalized spacial score (nSPS) is 19.5. The Hall–Kier alpha value is -0.360. The van der Waals surface area contributed by atoms with E-state index >= 15 is 0 Å². The van der Waals surface area contributed by atoms with Gasteiger partial charge in [-0.1, -0.05) is 0 Å². The molecule has 1 aliphatic heterocycles. The fourth-order valence-corrected chi connectivity index (χ4v) is 3.78. The first-order valence-electron chi connectivity index (χ1n) is 3.40. The van der Waals surface area contributed by atoms with Crippen molar-refractivity contribution in [3.8, 4) is 0 Å². The van der Waals surface area contributed by atoms with Crippen LogP contribution in [0.1, 0.15) is 11.3 Å². The second-order valence-electron chi connectivity index (χ2n) is 2.87. The summed E-state index contributed by atoms with van der Waals surface area (Å²) in [6.07, 6.45) is 0. The number of hydrogen-bond acceptors (Lipinski definition) is 3. The Kier molecular flexibility index (Phi) is 1.60. The fourth-order valence-electron chi connectivity index (χ4n) is 1.37. The quantitative estimate of drug-likeness (QED) is 0.678. The maximum absolute atomic E-state index is 11.2. The molecule has 2 rings (SSSR count). The van der Waals surface area contributed by atoms with Gasteiger partial charge in [-0.25, -0.2) is 8.42 Å². The maximum Gasteiger partial charge on any atom is 0.160 e. The van der Waals surface area contributed by atoms with Crippen LogP contribution < -0.4 is 0 Å². The Morgan fingerprint density at radius 2 is 2.17 bits per heavy atom. The molecule has 0 radical (unpaired) electrons. The average molecular weight is 251 g/mol. The standard InChI is InChI=1S/C6H7BrN2O2S/c1-9-5-3-12(10,11)2-4(5)6(7)8-9/h2-3H2,1H3. The molecule has 0 fully saturated rings. The first-order valence-corrected chi connectivity index (χ1v) is 6.02. The molecule has 1 aromatic rings. The third kappa shape index (κ3) is 1.09. The van der Waals surface area contributed by atoms with Crippen molar-refractivity contribution in [1.29, 1.82) is 0 Å². The van der Waals surface area contributed by atoms with Crippen LogP contribution in [-0.2, 0) is 28.4 Å². The van der Waals surface area contributed by atoms with Crippen LogP contribution in [0.2, 0.25) is 0 Å². The Labute approximate surface area is 78.6 Å². The minimum absolute atomic E-state index is 0.122. The number of rotatable bonds is 0. The zero-order chi connectivity index (χ0) is 8.93. The summed E-state index contributed by atoms with van der Waals surface area (Å²) < 4.78 is 24.7. The summed E-state index contributed by atoms with van der Waals surface area (Å²) >= 11 is 3.22. The van der Waals surface area contributed by atoms with Gasteiger partial charge in [0.25, 0.3) is 0 Å². The third-order valence-electron chi connectivity index (χ3n) is 1.95. The van der Waals surface area contributed by atoms with E-state index in [-0.39, 0.29) is 11.5 Å². The van der Waals surface area contributed by atoms with Crippen LogP contribution in [0, 0.1) is 0 Å². The summed E-state index contributed by atoms with van der Waals surface area (Å²) in [6, 6.07) is 0. The van der Waals surface area contributed by atoms with E-state index in [0.717, 1.165) is 11.3 Å². The number of hydrogen-bond donors (Lipinski definition) is 0. The molecule has 0 N–H and O–H groups in total. The molecular weight excluding hydrogens is 244 g/mol. The number of aryl methyl sites for hydroxylation is 1. The van der Waals surface area contributed by atoms with Crippen molar-refractivity contribution in [2.45, 2.75) is 11.5 Å². The van der Waals surface area contributed by atoms with Crippen LogP contribution in [-0.4, -0.2) is 18.2 Å². The molecule has 0 aliphatic carbocycles. The SMILES string of the molecule is Cn1nc(Br)c2c1CS(=O)(=O)C2. The summed E-state index contributed by atoms with van der Waals surface area (Å²) in [6.45, 7) is 0.